The highest BCUT2D eigenvalue weighted by molar-refractivity contribution is 6.18. The molecule has 1 heterocycles. The first-order chi connectivity index (χ1) is 7.90. The van der Waals surface area contributed by atoms with Crippen LogP contribution in [0.1, 0.15) is 12.1 Å². The average Bonchev–Trinajstić information content (AvgIpc) is 2.34. The number of alkyl halides is 1. The smallest absolute Gasteiger partial charge is 0.0705 e. The molecule has 0 aliphatic carbocycles. The predicted octanol–water partition coefficient (Wildman–Crippen LogP) is 3.41. The molecule has 0 saturated heterocycles. The summed E-state index contributed by atoms with van der Waals surface area (Å²) in [6, 6.07) is 12.2. The molecule has 0 aliphatic rings. The Bertz CT molecular complexity index is 537. The Morgan fingerprint density at radius 2 is 1.94 bits per heavy atom. The zero-order valence-electron chi connectivity index (χ0n) is 8.91. The molecule has 0 bridgehead atoms. The van der Waals surface area contributed by atoms with E-state index in [1.165, 1.54) is 5.39 Å². The normalized spacial score (nSPS) is 9.81. The second-order valence-corrected chi connectivity index (χ2v) is 3.84. The van der Waals surface area contributed by atoms with E-state index in [2.05, 4.69) is 29.0 Å². The van der Waals surface area contributed by atoms with Gasteiger partial charge in [0.15, 0.2) is 0 Å². The molecule has 0 radical (unpaired) electrons. The van der Waals surface area contributed by atoms with E-state index in [0.29, 0.717) is 12.3 Å². The lowest BCUT2D eigenvalue weighted by Crippen LogP contribution is -1.88. The van der Waals surface area contributed by atoms with Gasteiger partial charge in [0.2, 0.25) is 0 Å². The molecule has 0 unspecified atom stereocenters. The molecule has 1 aromatic heterocycles. The van der Waals surface area contributed by atoms with Crippen molar-refractivity contribution in [2.45, 2.75) is 12.8 Å². The Labute approximate surface area is 100 Å². The summed E-state index contributed by atoms with van der Waals surface area (Å²) in [6.07, 6.45) is 1.44. The zero-order valence-corrected chi connectivity index (χ0v) is 9.67. The predicted molar refractivity (Wildman–Crippen MR) is 68.6 cm³/mol. The van der Waals surface area contributed by atoms with Crippen LogP contribution < -0.4 is 0 Å². The molecular weight excluding hydrogens is 218 g/mol. The summed E-state index contributed by atoms with van der Waals surface area (Å²) in [5.74, 6) is 6.68. The minimum absolute atomic E-state index is 0.595. The van der Waals surface area contributed by atoms with Crippen molar-refractivity contribution < 1.29 is 0 Å². The van der Waals surface area contributed by atoms with Gasteiger partial charge in [-0.25, -0.2) is 0 Å². The fourth-order valence-electron chi connectivity index (χ4n) is 1.50. The molecule has 1 aromatic carbocycles. The topological polar surface area (TPSA) is 12.9 Å². The van der Waals surface area contributed by atoms with Crippen molar-refractivity contribution in [2.24, 2.45) is 0 Å². The standard InChI is InChI=1S/C14H12ClN/c15-11-5-1-2-7-13-10-9-12-6-3-4-8-14(12)16-13/h3-4,6,8-10H,5,7,11H2. The van der Waals surface area contributed by atoms with Gasteiger partial charge in [0.05, 0.1) is 17.6 Å². The van der Waals surface area contributed by atoms with Crippen molar-refractivity contribution in [3.05, 3.63) is 42.1 Å². The third-order valence-corrected chi connectivity index (χ3v) is 2.46. The minimum atomic E-state index is 0.595. The van der Waals surface area contributed by atoms with Crippen LogP contribution in [0.25, 0.3) is 10.9 Å². The first kappa shape index (κ1) is 11.0. The average molecular weight is 230 g/mol. The molecule has 0 spiro atoms. The third kappa shape index (κ3) is 2.74. The fraction of sp³-hybridized carbons (Fsp3) is 0.214. The summed E-state index contributed by atoms with van der Waals surface area (Å²) in [5, 5.41) is 1.17. The first-order valence-electron chi connectivity index (χ1n) is 5.26. The second-order valence-electron chi connectivity index (χ2n) is 3.46. The number of hydrogen-bond donors (Lipinski definition) is 0. The summed E-state index contributed by atoms with van der Waals surface area (Å²) in [5.41, 5.74) is 2.04. The van der Waals surface area contributed by atoms with Gasteiger partial charge < -0.3 is 0 Å². The molecule has 0 atom stereocenters. The Balaban J connectivity index is 2.17. The van der Waals surface area contributed by atoms with Gasteiger partial charge in [0.1, 0.15) is 0 Å². The van der Waals surface area contributed by atoms with Gasteiger partial charge in [-0.2, -0.15) is 0 Å². The van der Waals surface area contributed by atoms with Gasteiger partial charge in [-0.15, -0.1) is 17.5 Å². The van der Waals surface area contributed by atoms with E-state index in [0.717, 1.165) is 17.6 Å². The molecule has 0 saturated carbocycles. The highest BCUT2D eigenvalue weighted by Gasteiger charge is 1.95. The molecule has 2 rings (SSSR count). The number of aromatic nitrogens is 1. The van der Waals surface area contributed by atoms with Gasteiger partial charge in [-0.3, -0.25) is 4.98 Å². The molecule has 16 heavy (non-hydrogen) atoms. The van der Waals surface area contributed by atoms with Crippen molar-refractivity contribution in [2.75, 3.05) is 5.88 Å². The number of pyridine rings is 1. The fourth-order valence-corrected chi connectivity index (χ4v) is 1.59. The second kappa shape index (κ2) is 5.53. The molecule has 1 nitrogen and oxygen atoms in total. The lowest BCUT2D eigenvalue weighted by Gasteiger charge is -1.98. The molecule has 0 amide bonds. The SMILES string of the molecule is ClCCC#CCc1ccc2ccccc2n1. The Kier molecular flexibility index (Phi) is 3.80. The van der Waals surface area contributed by atoms with Crippen LogP contribution in [0, 0.1) is 11.8 Å². The van der Waals surface area contributed by atoms with Crippen molar-refractivity contribution in [1.82, 2.24) is 4.98 Å². The van der Waals surface area contributed by atoms with E-state index in [1.807, 2.05) is 24.3 Å². The van der Waals surface area contributed by atoms with Crippen LogP contribution in [0.5, 0.6) is 0 Å². The Morgan fingerprint density at radius 3 is 2.81 bits per heavy atom. The number of halogens is 1. The maximum Gasteiger partial charge on any atom is 0.0705 e. The summed E-state index contributed by atoms with van der Waals surface area (Å²) in [6.45, 7) is 0. The van der Waals surface area contributed by atoms with E-state index in [4.69, 9.17) is 11.6 Å². The van der Waals surface area contributed by atoms with Crippen LogP contribution in [0.2, 0.25) is 0 Å². The van der Waals surface area contributed by atoms with E-state index < -0.39 is 0 Å². The maximum atomic E-state index is 5.54. The van der Waals surface area contributed by atoms with Gasteiger partial charge >= 0.3 is 0 Å². The molecule has 0 fully saturated rings. The van der Waals surface area contributed by atoms with Crippen LogP contribution in [-0.2, 0) is 6.42 Å². The number of para-hydroxylation sites is 1. The van der Waals surface area contributed by atoms with Crippen molar-refractivity contribution in [3.8, 4) is 11.8 Å². The largest absolute Gasteiger partial charge is 0.252 e. The monoisotopic (exact) mass is 229 g/mol. The maximum absolute atomic E-state index is 5.54. The number of rotatable bonds is 2. The summed E-state index contributed by atoms with van der Waals surface area (Å²) >= 11 is 5.54. The van der Waals surface area contributed by atoms with Crippen LogP contribution in [0.3, 0.4) is 0 Å². The van der Waals surface area contributed by atoms with Gasteiger partial charge in [-0.1, -0.05) is 30.2 Å². The number of fused-ring (bicyclic) bond motifs is 1. The molecule has 0 N–H and O–H groups in total. The number of hydrogen-bond acceptors (Lipinski definition) is 1. The summed E-state index contributed by atoms with van der Waals surface area (Å²) in [4.78, 5) is 4.54. The zero-order chi connectivity index (χ0) is 11.2. The Morgan fingerprint density at radius 1 is 1.06 bits per heavy atom. The lowest BCUT2D eigenvalue weighted by molar-refractivity contribution is 1.16. The van der Waals surface area contributed by atoms with Gasteiger partial charge in [0.25, 0.3) is 0 Å². The quantitative estimate of drug-likeness (QED) is 0.568. The molecule has 0 aliphatic heterocycles. The molecule has 80 valence electrons. The molecular formula is C14H12ClN. The van der Waals surface area contributed by atoms with E-state index in [1.54, 1.807) is 0 Å². The third-order valence-electron chi connectivity index (χ3n) is 2.27. The molecule has 2 aromatic rings. The van der Waals surface area contributed by atoms with E-state index >= 15 is 0 Å². The van der Waals surface area contributed by atoms with Gasteiger partial charge in [0, 0.05) is 17.7 Å². The minimum Gasteiger partial charge on any atom is -0.252 e. The summed E-state index contributed by atoms with van der Waals surface area (Å²) in [7, 11) is 0. The van der Waals surface area contributed by atoms with E-state index in [-0.39, 0.29) is 0 Å². The Hall–Kier alpha value is -1.52. The number of benzene rings is 1. The van der Waals surface area contributed by atoms with Crippen molar-refractivity contribution in [1.29, 1.82) is 0 Å². The van der Waals surface area contributed by atoms with Crippen molar-refractivity contribution >= 4 is 22.5 Å². The lowest BCUT2D eigenvalue weighted by atomic mass is 10.2. The van der Waals surface area contributed by atoms with Crippen LogP contribution in [0.15, 0.2) is 36.4 Å². The highest BCUT2D eigenvalue weighted by atomic mass is 35.5. The van der Waals surface area contributed by atoms with Crippen LogP contribution in [-0.4, -0.2) is 10.9 Å². The summed E-state index contributed by atoms with van der Waals surface area (Å²) < 4.78 is 0. The molecule has 2 heteroatoms. The van der Waals surface area contributed by atoms with Crippen LogP contribution >= 0.6 is 11.6 Å². The van der Waals surface area contributed by atoms with Crippen LogP contribution in [0.4, 0.5) is 0 Å². The number of nitrogens with zero attached hydrogens (tertiary/aromatic N) is 1. The van der Waals surface area contributed by atoms with E-state index in [9.17, 15) is 0 Å². The van der Waals surface area contributed by atoms with Crippen molar-refractivity contribution in [3.63, 3.8) is 0 Å². The first-order valence-corrected chi connectivity index (χ1v) is 5.80. The highest BCUT2D eigenvalue weighted by Crippen LogP contribution is 2.11. The van der Waals surface area contributed by atoms with Gasteiger partial charge in [-0.05, 0) is 12.1 Å².